The molecule has 2 aliphatic carbocycles. The molecule has 1 amide bonds. The second-order valence-corrected chi connectivity index (χ2v) is 11.4. The molecule has 0 radical (unpaired) electrons. The molecule has 32 heavy (non-hydrogen) atoms. The Morgan fingerprint density at radius 1 is 1.16 bits per heavy atom. The van der Waals surface area contributed by atoms with Gasteiger partial charge in [-0.15, -0.1) is 0 Å². The van der Waals surface area contributed by atoms with E-state index in [0.29, 0.717) is 40.2 Å². The van der Waals surface area contributed by atoms with E-state index in [0.717, 1.165) is 19.1 Å². The zero-order chi connectivity index (χ0) is 22.5. The standard InChI is InChI=1S/C24H26FN3O3S/c1-32(30,31)19-4-2-3-18(14-19)26-23(29)22-20-6-5-17(25)13-21(20)27-28(22)15-16-7-9-24(10-8-16)11-12-24/h2-6,13-14,16H,7-12,15H2,1H3,(H,26,29). The Kier molecular flexibility index (Phi) is 5.08. The molecule has 0 bridgehead atoms. The number of sulfone groups is 1. The lowest BCUT2D eigenvalue weighted by Gasteiger charge is -2.28. The SMILES string of the molecule is CS(=O)(=O)c1cccc(NC(=O)c2c3ccc(F)cc3nn2CC2CCC3(CC2)CC3)c1. The van der Waals surface area contributed by atoms with E-state index in [-0.39, 0.29) is 10.8 Å². The third-order valence-electron chi connectivity index (χ3n) is 6.99. The predicted molar refractivity (Wildman–Crippen MR) is 121 cm³/mol. The fourth-order valence-electron chi connectivity index (χ4n) is 4.87. The van der Waals surface area contributed by atoms with Gasteiger partial charge in [-0.2, -0.15) is 5.10 Å². The minimum absolute atomic E-state index is 0.131. The number of halogens is 1. The number of anilines is 1. The first kappa shape index (κ1) is 21.1. The molecule has 5 rings (SSSR count). The first-order chi connectivity index (χ1) is 15.2. The van der Waals surface area contributed by atoms with E-state index in [1.807, 2.05) is 0 Å². The normalized spacial score (nSPS) is 18.2. The van der Waals surface area contributed by atoms with Crippen molar-refractivity contribution in [3.63, 3.8) is 0 Å². The molecule has 2 aromatic carbocycles. The van der Waals surface area contributed by atoms with Crippen LogP contribution in [0, 0.1) is 17.2 Å². The predicted octanol–water partition coefficient (Wildman–Crippen LogP) is 4.80. The van der Waals surface area contributed by atoms with Gasteiger partial charge in [-0.1, -0.05) is 6.07 Å². The Labute approximate surface area is 186 Å². The van der Waals surface area contributed by atoms with Crippen LogP contribution >= 0.6 is 0 Å². The molecule has 3 aromatic rings. The molecule has 2 aliphatic rings. The Morgan fingerprint density at radius 2 is 1.91 bits per heavy atom. The van der Waals surface area contributed by atoms with Gasteiger partial charge in [-0.05, 0) is 80.2 Å². The lowest BCUT2D eigenvalue weighted by molar-refractivity contribution is 0.101. The van der Waals surface area contributed by atoms with Crippen LogP contribution in [0.1, 0.15) is 49.0 Å². The Hall–Kier alpha value is -2.74. The summed E-state index contributed by atoms with van der Waals surface area (Å²) >= 11 is 0. The summed E-state index contributed by atoms with van der Waals surface area (Å²) in [5.41, 5.74) is 1.78. The van der Waals surface area contributed by atoms with Crippen LogP contribution in [0.4, 0.5) is 10.1 Å². The van der Waals surface area contributed by atoms with Crippen LogP contribution in [-0.4, -0.2) is 30.4 Å². The molecule has 1 N–H and O–H groups in total. The third-order valence-corrected chi connectivity index (χ3v) is 8.10. The van der Waals surface area contributed by atoms with Crippen molar-refractivity contribution in [3.8, 4) is 0 Å². The average molecular weight is 456 g/mol. The van der Waals surface area contributed by atoms with E-state index in [9.17, 15) is 17.6 Å². The van der Waals surface area contributed by atoms with Crippen molar-refractivity contribution in [2.45, 2.75) is 50.0 Å². The number of hydrogen-bond donors (Lipinski definition) is 1. The summed E-state index contributed by atoms with van der Waals surface area (Å²) in [6.45, 7) is 0.610. The maximum Gasteiger partial charge on any atom is 0.274 e. The highest BCUT2D eigenvalue weighted by molar-refractivity contribution is 7.90. The molecule has 168 valence electrons. The number of fused-ring (bicyclic) bond motifs is 1. The van der Waals surface area contributed by atoms with E-state index in [2.05, 4.69) is 10.4 Å². The lowest BCUT2D eigenvalue weighted by atomic mass is 9.80. The average Bonchev–Trinajstić information content (AvgIpc) is 3.40. The number of benzene rings is 2. The zero-order valence-corrected chi connectivity index (χ0v) is 18.8. The number of rotatable bonds is 5. The summed E-state index contributed by atoms with van der Waals surface area (Å²) in [5.74, 6) is -0.358. The minimum Gasteiger partial charge on any atom is -0.321 e. The fraction of sp³-hybridized carbons (Fsp3) is 0.417. The smallest absolute Gasteiger partial charge is 0.274 e. The largest absolute Gasteiger partial charge is 0.321 e. The molecule has 0 aliphatic heterocycles. The van der Waals surface area contributed by atoms with Crippen molar-refractivity contribution in [1.82, 2.24) is 9.78 Å². The Morgan fingerprint density at radius 3 is 2.59 bits per heavy atom. The van der Waals surface area contributed by atoms with Crippen LogP contribution < -0.4 is 5.32 Å². The Bertz CT molecular complexity index is 1300. The van der Waals surface area contributed by atoms with Crippen LogP contribution in [-0.2, 0) is 16.4 Å². The second-order valence-electron chi connectivity index (χ2n) is 9.39. The first-order valence-electron chi connectivity index (χ1n) is 11.0. The number of carbonyl (C=O) groups excluding carboxylic acids is 1. The monoisotopic (exact) mass is 455 g/mol. The molecule has 1 aromatic heterocycles. The topological polar surface area (TPSA) is 81.1 Å². The molecular weight excluding hydrogens is 429 g/mol. The van der Waals surface area contributed by atoms with Crippen LogP contribution in [0.2, 0.25) is 0 Å². The molecule has 6 nitrogen and oxygen atoms in total. The molecule has 0 atom stereocenters. The van der Waals surface area contributed by atoms with E-state index < -0.39 is 15.7 Å². The summed E-state index contributed by atoms with van der Waals surface area (Å²) in [6.07, 6.45) is 8.49. The molecule has 1 spiro atoms. The summed E-state index contributed by atoms with van der Waals surface area (Å²) in [7, 11) is -3.40. The molecule has 8 heteroatoms. The van der Waals surface area contributed by atoms with Crippen molar-refractivity contribution in [3.05, 3.63) is 54.0 Å². The summed E-state index contributed by atoms with van der Waals surface area (Å²) in [5, 5.41) is 7.95. The van der Waals surface area contributed by atoms with Gasteiger partial charge < -0.3 is 5.32 Å². The van der Waals surface area contributed by atoms with Gasteiger partial charge in [0.05, 0.1) is 10.4 Å². The van der Waals surface area contributed by atoms with E-state index in [4.69, 9.17) is 0 Å². The molecular formula is C24H26FN3O3S. The van der Waals surface area contributed by atoms with Crippen molar-refractivity contribution >= 4 is 32.3 Å². The number of amides is 1. The second kappa shape index (κ2) is 7.69. The van der Waals surface area contributed by atoms with Crippen LogP contribution in [0.25, 0.3) is 10.9 Å². The number of nitrogens with zero attached hydrogens (tertiary/aromatic N) is 2. The Balaban J connectivity index is 1.45. The summed E-state index contributed by atoms with van der Waals surface area (Å²) < 4.78 is 39.3. The highest BCUT2D eigenvalue weighted by atomic mass is 32.2. The van der Waals surface area contributed by atoms with Gasteiger partial charge in [0.2, 0.25) is 0 Å². The molecule has 2 saturated carbocycles. The number of carbonyl (C=O) groups is 1. The van der Waals surface area contributed by atoms with Gasteiger partial charge >= 0.3 is 0 Å². The van der Waals surface area contributed by atoms with Crippen LogP contribution in [0.3, 0.4) is 0 Å². The summed E-state index contributed by atoms with van der Waals surface area (Å²) in [4.78, 5) is 13.4. The molecule has 0 unspecified atom stereocenters. The summed E-state index contributed by atoms with van der Waals surface area (Å²) in [6, 6.07) is 10.4. The van der Waals surface area contributed by atoms with Crippen molar-refractivity contribution in [1.29, 1.82) is 0 Å². The number of nitrogens with one attached hydrogen (secondary N) is 1. The number of hydrogen-bond acceptors (Lipinski definition) is 4. The van der Waals surface area contributed by atoms with Gasteiger partial charge in [0.1, 0.15) is 11.5 Å². The van der Waals surface area contributed by atoms with Crippen LogP contribution in [0.5, 0.6) is 0 Å². The van der Waals surface area contributed by atoms with E-state index in [1.54, 1.807) is 22.9 Å². The molecule has 1 heterocycles. The quantitative estimate of drug-likeness (QED) is 0.599. The molecule has 0 saturated heterocycles. The van der Waals surface area contributed by atoms with Gasteiger partial charge in [0.25, 0.3) is 5.91 Å². The van der Waals surface area contributed by atoms with Crippen LogP contribution in [0.15, 0.2) is 47.4 Å². The lowest BCUT2D eigenvalue weighted by Crippen LogP contribution is -2.24. The van der Waals surface area contributed by atoms with E-state index in [1.165, 1.54) is 49.9 Å². The minimum atomic E-state index is -3.40. The zero-order valence-electron chi connectivity index (χ0n) is 18.0. The fourth-order valence-corrected chi connectivity index (χ4v) is 5.53. The van der Waals surface area contributed by atoms with Crippen molar-refractivity contribution < 1.29 is 17.6 Å². The van der Waals surface area contributed by atoms with Crippen molar-refractivity contribution in [2.24, 2.45) is 11.3 Å². The maximum absolute atomic E-state index is 13.8. The highest BCUT2D eigenvalue weighted by Gasteiger charge is 2.44. The molecule has 2 fully saturated rings. The number of aromatic nitrogens is 2. The van der Waals surface area contributed by atoms with Gasteiger partial charge in [0, 0.05) is 29.9 Å². The van der Waals surface area contributed by atoms with Gasteiger partial charge in [-0.25, -0.2) is 12.8 Å². The highest BCUT2D eigenvalue weighted by Crippen LogP contribution is 2.57. The van der Waals surface area contributed by atoms with E-state index >= 15 is 0 Å². The maximum atomic E-state index is 13.8. The van der Waals surface area contributed by atoms with Gasteiger partial charge in [-0.3, -0.25) is 9.48 Å². The first-order valence-corrected chi connectivity index (χ1v) is 12.9. The van der Waals surface area contributed by atoms with Crippen molar-refractivity contribution in [2.75, 3.05) is 11.6 Å². The van der Waals surface area contributed by atoms with Gasteiger partial charge in [0.15, 0.2) is 9.84 Å². The third kappa shape index (κ3) is 4.16.